The summed E-state index contributed by atoms with van der Waals surface area (Å²) in [6.45, 7) is 5.88. The summed E-state index contributed by atoms with van der Waals surface area (Å²) < 4.78 is 15.1. The van der Waals surface area contributed by atoms with Crippen LogP contribution < -0.4 is 5.32 Å². The second kappa shape index (κ2) is 6.48. The van der Waals surface area contributed by atoms with Gasteiger partial charge in [0.1, 0.15) is 5.82 Å². The van der Waals surface area contributed by atoms with Crippen LogP contribution in [0.4, 0.5) is 4.39 Å². The molecule has 1 unspecified atom stereocenters. The SMILES string of the molecule is CCNC(CC)c1ccn(Cc2cncc(F)c2)c1. The average molecular weight is 261 g/mol. The first-order chi connectivity index (χ1) is 9.22. The molecule has 4 heteroatoms. The Hall–Kier alpha value is -1.68. The molecule has 0 saturated carbocycles. The monoisotopic (exact) mass is 261 g/mol. The molecular weight excluding hydrogens is 241 g/mol. The van der Waals surface area contributed by atoms with E-state index in [0.717, 1.165) is 18.5 Å². The Balaban J connectivity index is 2.08. The summed E-state index contributed by atoms with van der Waals surface area (Å²) in [6, 6.07) is 4.02. The smallest absolute Gasteiger partial charge is 0.141 e. The van der Waals surface area contributed by atoms with Crippen LogP contribution >= 0.6 is 0 Å². The van der Waals surface area contributed by atoms with Crippen LogP contribution in [0.2, 0.25) is 0 Å². The van der Waals surface area contributed by atoms with Gasteiger partial charge in [-0.2, -0.15) is 0 Å². The minimum Gasteiger partial charge on any atom is -0.350 e. The zero-order valence-corrected chi connectivity index (χ0v) is 11.4. The van der Waals surface area contributed by atoms with E-state index in [0.29, 0.717) is 12.6 Å². The fourth-order valence-electron chi connectivity index (χ4n) is 2.26. The van der Waals surface area contributed by atoms with E-state index in [1.165, 1.54) is 17.8 Å². The number of nitrogens with one attached hydrogen (secondary N) is 1. The van der Waals surface area contributed by atoms with E-state index in [1.807, 2.05) is 6.20 Å². The Labute approximate surface area is 113 Å². The molecule has 0 saturated heterocycles. The van der Waals surface area contributed by atoms with Gasteiger partial charge in [-0.25, -0.2) is 4.39 Å². The van der Waals surface area contributed by atoms with E-state index in [1.54, 1.807) is 6.20 Å². The van der Waals surface area contributed by atoms with Crippen LogP contribution in [0.15, 0.2) is 36.9 Å². The van der Waals surface area contributed by atoms with Gasteiger partial charge in [0.05, 0.1) is 6.20 Å². The minimum absolute atomic E-state index is 0.288. The van der Waals surface area contributed by atoms with Gasteiger partial charge in [0, 0.05) is 31.2 Å². The molecule has 3 nitrogen and oxygen atoms in total. The highest BCUT2D eigenvalue weighted by Crippen LogP contribution is 2.17. The molecule has 2 rings (SSSR count). The maximum absolute atomic E-state index is 13.1. The summed E-state index contributed by atoms with van der Waals surface area (Å²) in [5.41, 5.74) is 2.15. The minimum atomic E-state index is -0.288. The molecule has 1 atom stereocenters. The Kier molecular flexibility index (Phi) is 4.68. The first kappa shape index (κ1) is 13.7. The third-order valence-electron chi connectivity index (χ3n) is 3.16. The normalized spacial score (nSPS) is 12.6. The van der Waals surface area contributed by atoms with E-state index in [4.69, 9.17) is 0 Å². The first-order valence-electron chi connectivity index (χ1n) is 6.71. The van der Waals surface area contributed by atoms with E-state index < -0.39 is 0 Å². The quantitative estimate of drug-likeness (QED) is 0.865. The van der Waals surface area contributed by atoms with Crippen molar-refractivity contribution in [1.82, 2.24) is 14.9 Å². The molecule has 0 radical (unpaired) electrons. The van der Waals surface area contributed by atoms with Crippen molar-refractivity contribution in [2.45, 2.75) is 32.9 Å². The molecule has 2 aromatic rings. The van der Waals surface area contributed by atoms with Crippen LogP contribution in [0, 0.1) is 5.82 Å². The number of pyridine rings is 1. The Morgan fingerprint density at radius 2 is 2.21 bits per heavy atom. The highest BCUT2D eigenvalue weighted by molar-refractivity contribution is 5.18. The molecule has 102 valence electrons. The number of nitrogens with zero attached hydrogens (tertiary/aromatic N) is 2. The summed E-state index contributed by atoms with van der Waals surface area (Å²) in [4.78, 5) is 3.87. The number of rotatable bonds is 6. The molecule has 0 aliphatic carbocycles. The van der Waals surface area contributed by atoms with Crippen molar-refractivity contribution in [1.29, 1.82) is 0 Å². The largest absolute Gasteiger partial charge is 0.350 e. The topological polar surface area (TPSA) is 29.9 Å². The Bertz CT molecular complexity index is 522. The third kappa shape index (κ3) is 3.64. The molecule has 0 fully saturated rings. The second-order valence-electron chi connectivity index (χ2n) is 4.65. The average Bonchev–Trinajstić information content (AvgIpc) is 2.84. The molecule has 0 aliphatic rings. The van der Waals surface area contributed by atoms with Gasteiger partial charge in [0.2, 0.25) is 0 Å². The highest BCUT2D eigenvalue weighted by atomic mass is 19.1. The zero-order valence-electron chi connectivity index (χ0n) is 11.4. The van der Waals surface area contributed by atoms with Gasteiger partial charge in [-0.3, -0.25) is 4.98 Å². The van der Waals surface area contributed by atoms with Crippen LogP contribution in [0.1, 0.15) is 37.4 Å². The summed E-state index contributed by atoms with van der Waals surface area (Å²) in [6.07, 6.45) is 8.12. The molecule has 0 amide bonds. The number of hydrogen-bond acceptors (Lipinski definition) is 2. The van der Waals surface area contributed by atoms with Crippen molar-refractivity contribution in [2.75, 3.05) is 6.54 Å². The number of hydrogen-bond donors (Lipinski definition) is 1. The predicted molar refractivity (Wildman–Crippen MR) is 74.4 cm³/mol. The Morgan fingerprint density at radius 1 is 1.37 bits per heavy atom. The fraction of sp³-hybridized carbons (Fsp3) is 0.400. The van der Waals surface area contributed by atoms with Gasteiger partial charge < -0.3 is 9.88 Å². The van der Waals surface area contributed by atoms with E-state index in [9.17, 15) is 4.39 Å². The standard InChI is InChI=1S/C15H20FN3/c1-3-15(18-4-2)13-5-6-19(11-13)10-12-7-14(16)9-17-8-12/h5-9,11,15,18H,3-4,10H2,1-2H3. The van der Waals surface area contributed by atoms with Gasteiger partial charge in [-0.1, -0.05) is 13.8 Å². The van der Waals surface area contributed by atoms with E-state index in [-0.39, 0.29) is 5.82 Å². The predicted octanol–water partition coefficient (Wildman–Crippen LogP) is 3.13. The van der Waals surface area contributed by atoms with Gasteiger partial charge in [-0.05, 0) is 36.2 Å². The van der Waals surface area contributed by atoms with Crippen LogP contribution in [0.5, 0.6) is 0 Å². The van der Waals surface area contributed by atoms with Crippen LogP contribution in [-0.2, 0) is 6.54 Å². The van der Waals surface area contributed by atoms with Gasteiger partial charge in [0.15, 0.2) is 0 Å². The molecule has 0 aromatic carbocycles. The van der Waals surface area contributed by atoms with Crippen LogP contribution in [0.3, 0.4) is 0 Å². The molecule has 19 heavy (non-hydrogen) atoms. The number of aromatic nitrogens is 2. The lowest BCUT2D eigenvalue weighted by Gasteiger charge is -2.14. The van der Waals surface area contributed by atoms with E-state index in [2.05, 4.69) is 41.0 Å². The van der Waals surface area contributed by atoms with E-state index >= 15 is 0 Å². The van der Waals surface area contributed by atoms with Crippen molar-refractivity contribution in [3.63, 3.8) is 0 Å². The second-order valence-corrected chi connectivity index (χ2v) is 4.65. The molecule has 2 heterocycles. The molecular formula is C15H20FN3. The number of halogens is 1. The van der Waals surface area contributed by atoms with Crippen molar-refractivity contribution in [3.8, 4) is 0 Å². The Morgan fingerprint density at radius 3 is 2.89 bits per heavy atom. The molecule has 2 aromatic heterocycles. The van der Waals surface area contributed by atoms with Gasteiger partial charge >= 0.3 is 0 Å². The van der Waals surface area contributed by atoms with Gasteiger partial charge in [0.25, 0.3) is 0 Å². The molecule has 0 aliphatic heterocycles. The molecule has 1 N–H and O–H groups in total. The third-order valence-corrected chi connectivity index (χ3v) is 3.16. The van der Waals surface area contributed by atoms with Gasteiger partial charge in [-0.15, -0.1) is 0 Å². The summed E-state index contributed by atoms with van der Waals surface area (Å²) in [5, 5.41) is 3.45. The highest BCUT2D eigenvalue weighted by Gasteiger charge is 2.09. The maximum Gasteiger partial charge on any atom is 0.141 e. The zero-order chi connectivity index (χ0) is 13.7. The van der Waals surface area contributed by atoms with Crippen molar-refractivity contribution >= 4 is 0 Å². The van der Waals surface area contributed by atoms with Crippen molar-refractivity contribution < 1.29 is 4.39 Å². The lowest BCUT2D eigenvalue weighted by atomic mass is 10.1. The fourth-order valence-corrected chi connectivity index (χ4v) is 2.26. The van der Waals surface area contributed by atoms with Crippen molar-refractivity contribution in [2.24, 2.45) is 0 Å². The van der Waals surface area contributed by atoms with Crippen molar-refractivity contribution in [3.05, 3.63) is 53.9 Å². The summed E-state index contributed by atoms with van der Waals surface area (Å²) >= 11 is 0. The first-order valence-corrected chi connectivity index (χ1v) is 6.71. The molecule has 0 spiro atoms. The lowest BCUT2D eigenvalue weighted by molar-refractivity contribution is 0.536. The summed E-state index contributed by atoms with van der Waals surface area (Å²) in [7, 11) is 0. The maximum atomic E-state index is 13.1. The van der Waals surface area contributed by atoms with Crippen LogP contribution in [-0.4, -0.2) is 16.1 Å². The van der Waals surface area contributed by atoms with Crippen LogP contribution in [0.25, 0.3) is 0 Å². The summed E-state index contributed by atoms with van der Waals surface area (Å²) in [5.74, 6) is -0.288. The molecule has 0 bridgehead atoms. The lowest BCUT2D eigenvalue weighted by Crippen LogP contribution is -2.19.